The van der Waals surface area contributed by atoms with Crippen LogP contribution in [0.2, 0.25) is 0 Å². The minimum Gasteiger partial charge on any atom is -0.412 e. The monoisotopic (exact) mass is 348 g/mol. The van der Waals surface area contributed by atoms with E-state index in [9.17, 15) is 0 Å². The lowest BCUT2D eigenvalue weighted by molar-refractivity contribution is 0.824. The minimum absolute atomic E-state index is 0. The first-order valence-corrected chi connectivity index (χ1v) is 8.66. The molecule has 0 amide bonds. The molecule has 0 heterocycles. The summed E-state index contributed by atoms with van der Waals surface area (Å²) >= 11 is 0. The Bertz CT molecular complexity index is 742. The third kappa shape index (κ3) is 4.24. The number of nitrogens with zero attached hydrogens (tertiary/aromatic N) is 2. The highest BCUT2D eigenvalue weighted by molar-refractivity contribution is 5.53. The van der Waals surface area contributed by atoms with E-state index in [2.05, 4.69) is 117 Å². The Morgan fingerprint density at radius 1 is 0.500 bits per heavy atom. The van der Waals surface area contributed by atoms with Crippen LogP contribution in [-0.2, 0) is 0 Å². The molecule has 26 heavy (non-hydrogen) atoms. The molecule has 3 aromatic carbocycles. The summed E-state index contributed by atoms with van der Waals surface area (Å²) in [6.45, 7) is 0. The lowest BCUT2D eigenvalue weighted by Crippen LogP contribution is -2.10. The van der Waals surface area contributed by atoms with Crippen LogP contribution < -0.4 is 9.80 Å². The SMILES string of the molecule is CN(C)c1ccc(C(c2ccccc2)c2ccc(N(C)C)cc2)cc1.O. The van der Waals surface area contributed by atoms with E-state index in [0.29, 0.717) is 0 Å². The van der Waals surface area contributed by atoms with E-state index in [4.69, 9.17) is 0 Å². The zero-order valence-electron chi connectivity index (χ0n) is 16.0. The van der Waals surface area contributed by atoms with Crippen molar-refractivity contribution in [1.29, 1.82) is 0 Å². The second kappa shape index (κ2) is 8.54. The van der Waals surface area contributed by atoms with Crippen molar-refractivity contribution < 1.29 is 5.48 Å². The quantitative estimate of drug-likeness (QED) is 0.649. The Morgan fingerprint density at radius 3 is 1.19 bits per heavy atom. The van der Waals surface area contributed by atoms with Crippen molar-refractivity contribution in [2.75, 3.05) is 38.0 Å². The van der Waals surface area contributed by atoms with E-state index in [1.54, 1.807) is 0 Å². The van der Waals surface area contributed by atoms with E-state index >= 15 is 0 Å². The van der Waals surface area contributed by atoms with Crippen LogP contribution in [0.1, 0.15) is 22.6 Å². The first-order valence-electron chi connectivity index (χ1n) is 8.66. The Kier molecular flexibility index (Phi) is 6.42. The Labute approximate surface area is 156 Å². The normalized spacial score (nSPS) is 10.3. The van der Waals surface area contributed by atoms with Gasteiger partial charge in [-0.3, -0.25) is 0 Å². The molecule has 3 nitrogen and oxygen atoms in total. The summed E-state index contributed by atoms with van der Waals surface area (Å²) < 4.78 is 0. The van der Waals surface area contributed by atoms with Crippen molar-refractivity contribution >= 4 is 11.4 Å². The van der Waals surface area contributed by atoms with Crippen molar-refractivity contribution in [3.05, 3.63) is 95.6 Å². The molecule has 0 aromatic heterocycles. The summed E-state index contributed by atoms with van der Waals surface area (Å²) in [5.74, 6) is 0.244. The molecule has 0 atom stereocenters. The molecular formula is C23H28N2O. The van der Waals surface area contributed by atoms with Gasteiger partial charge < -0.3 is 15.3 Å². The van der Waals surface area contributed by atoms with Gasteiger partial charge in [0, 0.05) is 45.5 Å². The molecule has 0 radical (unpaired) electrons. The van der Waals surface area contributed by atoms with E-state index in [1.165, 1.54) is 28.1 Å². The molecule has 3 rings (SSSR count). The molecule has 0 fully saturated rings. The van der Waals surface area contributed by atoms with Gasteiger partial charge >= 0.3 is 0 Å². The van der Waals surface area contributed by atoms with Gasteiger partial charge in [0.05, 0.1) is 0 Å². The summed E-state index contributed by atoms with van der Waals surface area (Å²) in [5.41, 5.74) is 6.39. The van der Waals surface area contributed by atoms with Crippen LogP contribution in [0.15, 0.2) is 78.9 Å². The topological polar surface area (TPSA) is 38.0 Å². The molecule has 0 aliphatic heterocycles. The second-order valence-corrected chi connectivity index (χ2v) is 6.82. The van der Waals surface area contributed by atoms with Crippen molar-refractivity contribution in [2.45, 2.75) is 5.92 Å². The highest BCUT2D eigenvalue weighted by atomic mass is 16.0. The molecule has 0 saturated carbocycles. The van der Waals surface area contributed by atoms with Gasteiger partial charge in [-0.2, -0.15) is 0 Å². The Balaban J connectivity index is 0.00000243. The fourth-order valence-corrected chi connectivity index (χ4v) is 3.15. The number of hydrogen-bond acceptors (Lipinski definition) is 2. The predicted octanol–water partition coefficient (Wildman–Crippen LogP) is 4.17. The molecule has 3 aromatic rings. The van der Waals surface area contributed by atoms with Crippen LogP contribution in [0, 0.1) is 0 Å². The minimum atomic E-state index is 0. The van der Waals surface area contributed by atoms with Crippen LogP contribution in [-0.4, -0.2) is 33.7 Å². The first kappa shape index (κ1) is 19.5. The molecule has 0 unspecified atom stereocenters. The van der Waals surface area contributed by atoms with Gasteiger partial charge in [0.2, 0.25) is 0 Å². The summed E-state index contributed by atoms with van der Waals surface area (Å²) in [7, 11) is 8.29. The van der Waals surface area contributed by atoms with Crippen molar-refractivity contribution in [3.8, 4) is 0 Å². The van der Waals surface area contributed by atoms with Crippen molar-refractivity contribution in [1.82, 2.24) is 0 Å². The van der Waals surface area contributed by atoms with Crippen LogP contribution in [0.25, 0.3) is 0 Å². The highest BCUT2D eigenvalue weighted by Gasteiger charge is 2.16. The second-order valence-electron chi connectivity index (χ2n) is 6.82. The van der Waals surface area contributed by atoms with Crippen LogP contribution in [0.3, 0.4) is 0 Å². The Hall–Kier alpha value is -2.78. The van der Waals surface area contributed by atoms with E-state index < -0.39 is 0 Å². The third-order valence-corrected chi connectivity index (χ3v) is 4.62. The maximum atomic E-state index is 2.24. The van der Waals surface area contributed by atoms with Crippen molar-refractivity contribution in [2.24, 2.45) is 0 Å². The Morgan fingerprint density at radius 2 is 0.846 bits per heavy atom. The summed E-state index contributed by atoms with van der Waals surface area (Å²) in [4.78, 5) is 4.26. The highest BCUT2D eigenvalue weighted by Crippen LogP contribution is 2.33. The molecule has 2 N–H and O–H groups in total. The lowest BCUT2D eigenvalue weighted by Gasteiger charge is -2.21. The number of hydrogen-bond donors (Lipinski definition) is 0. The van der Waals surface area contributed by atoms with Gasteiger partial charge in [0.1, 0.15) is 0 Å². The molecule has 0 spiro atoms. The predicted molar refractivity (Wildman–Crippen MR) is 113 cm³/mol. The summed E-state index contributed by atoms with van der Waals surface area (Å²) in [5, 5.41) is 0. The average molecular weight is 348 g/mol. The van der Waals surface area contributed by atoms with E-state index in [0.717, 1.165) is 0 Å². The molecule has 3 heteroatoms. The molecular weight excluding hydrogens is 320 g/mol. The summed E-state index contributed by atoms with van der Waals surface area (Å²) in [6, 6.07) is 28.5. The maximum Gasteiger partial charge on any atom is 0.0361 e. The molecule has 0 aliphatic carbocycles. The van der Waals surface area contributed by atoms with Gasteiger partial charge in [-0.15, -0.1) is 0 Å². The summed E-state index contributed by atoms with van der Waals surface area (Å²) in [6.07, 6.45) is 0. The van der Waals surface area contributed by atoms with Crippen molar-refractivity contribution in [3.63, 3.8) is 0 Å². The van der Waals surface area contributed by atoms with Crippen LogP contribution in [0.4, 0.5) is 11.4 Å². The average Bonchev–Trinajstić information content (AvgIpc) is 2.64. The molecule has 0 bridgehead atoms. The lowest BCUT2D eigenvalue weighted by atomic mass is 9.85. The van der Waals surface area contributed by atoms with Crippen LogP contribution in [0.5, 0.6) is 0 Å². The fraction of sp³-hybridized carbons (Fsp3) is 0.217. The zero-order valence-corrected chi connectivity index (χ0v) is 16.0. The van der Waals surface area contributed by atoms with Gasteiger partial charge in [0.15, 0.2) is 0 Å². The smallest absolute Gasteiger partial charge is 0.0361 e. The zero-order chi connectivity index (χ0) is 17.8. The van der Waals surface area contributed by atoms with E-state index in [-0.39, 0.29) is 11.4 Å². The van der Waals surface area contributed by atoms with E-state index in [1.807, 2.05) is 0 Å². The standard InChI is InChI=1S/C23H26N2.H2O/c1-24(2)21-14-10-19(11-15-21)23(18-8-6-5-7-9-18)20-12-16-22(17-13-20)25(3)4;/h5-17,23H,1-4H3;1H2. The first-order chi connectivity index (χ1) is 12.1. The third-order valence-electron chi connectivity index (χ3n) is 4.62. The molecule has 0 saturated heterocycles. The number of anilines is 2. The fourth-order valence-electron chi connectivity index (χ4n) is 3.15. The number of rotatable bonds is 5. The number of benzene rings is 3. The van der Waals surface area contributed by atoms with Gasteiger partial charge in [-0.05, 0) is 41.0 Å². The van der Waals surface area contributed by atoms with Gasteiger partial charge in [0.25, 0.3) is 0 Å². The van der Waals surface area contributed by atoms with Gasteiger partial charge in [-0.25, -0.2) is 0 Å². The van der Waals surface area contributed by atoms with Crippen LogP contribution >= 0.6 is 0 Å². The molecule has 136 valence electrons. The van der Waals surface area contributed by atoms with Gasteiger partial charge in [-0.1, -0.05) is 54.6 Å². The largest absolute Gasteiger partial charge is 0.412 e. The molecule has 0 aliphatic rings. The maximum absolute atomic E-state index is 2.24.